The van der Waals surface area contributed by atoms with Gasteiger partial charge in [0, 0.05) is 20.9 Å². The first kappa shape index (κ1) is 23.3. The zero-order valence-corrected chi connectivity index (χ0v) is 20.8. The lowest BCUT2D eigenvalue weighted by Crippen LogP contribution is -2.31. The molecule has 3 nitrogen and oxygen atoms in total. The van der Waals surface area contributed by atoms with Gasteiger partial charge in [-0.05, 0) is 88.2 Å². The molecule has 0 bridgehead atoms. The minimum atomic E-state index is -0.112. The molecule has 0 amide bonds. The van der Waals surface area contributed by atoms with E-state index < -0.39 is 0 Å². The second-order valence-electron chi connectivity index (χ2n) is 9.51. The second kappa shape index (κ2) is 11.3. The van der Waals surface area contributed by atoms with Gasteiger partial charge in [0.25, 0.3) is 0 Å². The van der Waals surface area contributed by atoms with Gasteiger partial charge in [0.2, 0.25) is 0 Å². The molecule has 0 atom stereocenters. The summed E-state index contributed by atoms with van der Waals surface area (Å²) in [6, 6.07) is 4.29. The first-order valence-corrected chi connectivity index (χ1v) is 14.1. The Balaban J connectivity index is 1.20. The lowest BCUT2D eigenvalue weighted by molar-refractivity contribution is -0.00543. The third-order valence-corrected chi connectivity index (χ3v) is 9.52. The van der Waals surface area contributed by atoms with E-state index in [-0.39, 0.29) is 12.1 Å². The van der Waals surface area contributed by atoms with Crippen LogP contribution in [0.1, 0.15) is 99.0 Å². The zero-order chi connectivity index (χ0) is 21.6. The standard InChI is InChI=1S/C26H38O3S2/c1-3-5-15-28-20-11-7-18(8-12-20)19-9-13-21(14-10-19)29-26(27)25-17-24-23(31-25)16-22(30-24)6-4-2/h16-21H,3-15H2,1-2H3/t18-,19-,20-,21-. The van der Waals surface area contributed by atoms with Crippen LogP contribution in [0.5, 0.6) is 0 Å². The minimum absolute atomic E-state index is 0.105. The van der Waals surface area contributed by atoms with E-state index in [2.05, 4.69) is 19.9 Å². The van der Waals surface area contributed by atoms with Crippen molar-refractivity contribution in [2.45, 2.75) is 103 Å². The number of unbranched alkanes of at least 4 members (excludes halogenated alkanes) is 1. The predicted octanol–water partition coefficient (Wildman–Crippen LogP) is 8.01. The summed E-state index contributed by atoms with van der Waals surface area (Å²) in [4.78, 5) is 14.9. The Morgan fingerprint density at radius 2 is 1.52 bits per heavy atom. The van der Waals surface area contributed by atoms with Crippen LogP contribution in [0.3, 0.4) is 0 Å². The maximum Gasteiger partial charge on any atom is 0.348 e. The summed E-state index contributed by atoms with van der Waals surface area (Å²) in [5.74, 6) is 1.55. The van der Waals surface area contributed by atoms with Gasteiger partial charge >= 0.3 is 5.97 Å². The highest BCUT2D eigenvalue weighted by atomic mass is 32.1. The van der Waals surface area contributed by atoms with Crippen molar-refractivity contribution in [2.75, 3.05) is 6.61 Å². The monoisotopic (exact) mass is 462 g/mol. The van der Waals surface area contributed by atoms with Gasteiger partial charge < -0.3 is 9.47 Å². The molecular formula is C26H38O3S2. The third-order valence-electron chi connectivity index (χ3n) is 7.19. The molecule has 4 rings (SSSR count). The fourth-order valence-corrected chi connectivity index (χ4v) is 7.77. The average molecular weight is 463 g/mol. The van der Waals surface area contributed by atoms with Crippen molar-refractivity contribution in [1.29, 1.82) is 0 Å². The molecule has 0 aromatic carbocycles. The van der Waals surface area contributed by atoms with Crippen LogP contribution in [-0.2, 0) is 15.9 Å². The molecule has 0 aliphatic heterocycles. The van der Waals surface area contributed by atoms with Crippen molar-refractivity contribution >= 4 is 38.0 Å². The summed E-state index contributed by atoms with van der Waals surface area (Å²) in [6.07, 6.45) is 14.9. The quantitative estimate of drug-likeness (QED) is 0.280. The van der Waals surface area contributed by atoms with Gasteiger partial charge in [-0.25, -0.2) is 4.79 Å². The maximum atomic E-state index is 12.7. The number of ether oxygens (including phenoxy) is 2. The SMILES string of the molecule is CCCCO[C@H]1CC[C@H]([C@H]2CC[C@H](OC(=O)c3cc4sc(CCC)cc4s3)CC2)CC1. The summed E-state index contributed by atoms with van der Waals surface area (Å²) in [5, 5.41) is 0. The van der Waals surface area contributed by atoms with Crippen LogP contribution in [0.15, 0.2) is 12.1 Å². The van der Waals surface area contributed by atoms with Crippen molar-refractivity contribution < 1.29 is 14.3 Å². The largest absolute Gasteiger partial charge is 0.458 e. The molecular weight excluding hydrogens is 424 g/mol. The number of carbonyl (C=O) groups excluding carboxylic acids is 1. The fourth-order valence-electron chi connectivity index (χ4n) is 5.36. The summed E-state index contributed by atoms with van der Waals surface area (Å²) < 4.78 is 14.4. The summed E-state index contributed by atoms with van der Waals surface area (Å²) in [6.45, 7) is 5.36. The van der Waals surface area contributed by atoms with Gasteiger partial charge in [-0.1, -0.05) is 26.7 Å². The van der Waals surface area contributed by atoms with E-state index in [0.29, 0.717) is 6.10 Å². The number of esters is 1. The Morgan fingerprint density at radius 3 is 2.13 bits per heavy atom. The fraction of sp³-hybridized carbons (Fsp3) is 0.731. The van der Waals surface area contributed by atoms with Crippen molar-refractivity contribution in [3.63, 3.8) is 0 Å². The van der Waals surface area contributed by atoms with Gasteiger partial charge in [-0.2, -0.15) is 0 Å². The molecule has 172 valence electrons. The molecule has 2 aliphatic rings. The Bertz CT molecular complexity index is 791. The summed E-state index contributed by atoms with van der Waals surface area (Å²) in [5.41, 5.74) is 0. The van der Waals surface area contributed by atoms with E-state index in [9.17, 15) is 4.79 Å². The summed E-state index contributed by atoms with van der Waals surface area (Å²) in [7, 11) is 0. The number of fused-ring (bicyclic) bond motifs is 1. The van der Waals surface area contributed by atoms with Crippen LogP contribution >= 0.6 is 22.7 Å². The van der Waals surface area contributed by atoms with Crippen LogP contribution < -0.4 is 0 Å². The van der Waals surface area contributed by atoms with Crippen LogP contribution in [0.25, 0.3) is 9.40 Å². The van der Waals surface area contributed by atoms with Crippen molar-refractivity contribution in [3.05, 3.63) is 21.9 Å². The molecule has 0 N–H and O–H groups in total. The van der Waals surface area contributed by atoms with E-state index in [0.717, 1.165) is 42.6 Å². The van der Waals surface area contributed by atoms with Gasteiger partial charge in [0.05, 0.1) is 6.10 Å². The Labute approximate surface area is 195 Å². The Kier molecular flexibility index (Phi) is 8.47. The molecule has 0 radical (unpaired) electrons. The molecule has 0 spiro atoms. The molecule has 0 unspecified atom stereocenters. The van der Waals surface area contributed by atoms with Crippen LogP contribution in [0, 0.1) is 11.8 Å². The highest BCUT2D eigenvalue weighted by Crippen LogP contribution is 2.40. The van der Waals surface area contributed by atoms with E-state index >= 15 is 0 Å². The Morgan fingerprint density at radius 1 is 0.871 bits per heavy atom. The number of carbonyl (C=O) groups is 1. The predicted molar refractivity (Wildman–Crippen MR) is 131 cm³/mol. The molecule has 2 heterocycles. The highest BCUT2D eigenvalue weighted by molar-refractivity contribution is 7.28. The maximum absolute atomic E-state index is 12.7. The number of hydrogen-bond donors (Lipinski definition) is 0. The smallest absolute Gasteiger partial charge is 0.348 e. The molecule has 2 aromatic rings. The molecule has 0 saturated heterocycles. The number of aryl methyl sites for hydroxylation is 1. The first-order chi connectivity index (χ1) is 15.2. The van der Waals surface area contributed by atoms with Gasteiger partial charge in [-0.3, -0.25) is 0 Å². The van der Waals surface area contributed by atoms with Crippen LogP contribution in [0.2, 0.25) is 0 Å². The molecule has 5 heteroatoms. The lowest BCUT2D eigenvalue weighted by atomic mass is 9.72. The third kappa shape index (κ3) is 6.11. The lowest BCUT2D eigenvalue weighted by Gasteiger charge is -2.37. The van der Waals surface area contributed by atoms with Crippen molar-refractivity contribution in [3.8, 4) is 0 Å². The van der Waals surface area contributed by atoms with E-state index in [1.807, 2.05) is 17.4 Å². The van der Waals surface area contributed by atoms with E-state index in [1.54, 1.807) is 11.3 Å². The zero-order valence-electron chi connectivity index (χ0n) is 19.2. The molecule has 2 aromatic heterocycles. The van der Waals surface area contributed by atoms with Crippen LogP contribution in [0.4, 0.5) is 0 Å². The number of thiophene rings is 2. The number of hydrogen-bond acceptors (Lipinski definition) is 5. The minimum Gasteiger partial charge on any atom is -0.458 e. The molecule has 2 fully saturated rings. The molecule has 2 aliphatic carbocycles. The van der Waals surface area contributed by atoms with Gasteiger partial charge in [0.15, 0.2) is 0 Å². The Hall–Kier alpha value is -0.910. The first-order valence-electron chi connectivity index (χ1n) is 12.5. The van der Waals surface area contributed by atoms with E-state index in [4.69, 9.17) is 9.47 Å². The number of rotatable bonds is 9. The van der Waals surface area contributed by atoms with Crippen molar-refractivity contribution in [1.82, 2.24) is 0 Å². The second-order valence-corrected chi connectivity index (χ2v) is 11.8. The van der Waals surface area contributed by atoms with Crippen LogP contribution in [-0.4, -0.2) is 24.8 Å². The normalized spacial score (nSPS) is 26.9. The summed E-state index contributed by atoms with van der Waals surface area (Å²) >= 11 is 3.42. The van der Waals surface area contributed by atoms with Gasteiger partial charge in [-0.15, -0.1) is 22.7 Å². The molecule has 31 heavy (non-hydrogen) atoms. The van der Waals surface area contributed by atoms with Gasteiger partial charge in [0.1, 0.15) is 11.0 Å². The topological polar surface area (TPSA) is 35.5 Å². The highest BCUT2D eigenvalue weighted by Gasteiger charge is 2.32. The average Bonchev–Trinajstić information content (AvgIpc) is 3.34. The van der Waals surface area contributed by atoms with Crippen molar-refractivity contribution in [2.24, 2.45) is 11.8 Å². The molecule has 2 saturated carbocycles. The van der Waals surface area contributed by atoms with E-state index in [1.165, 1.54) is 72.1 Å².